The number of carbonyl (C=O) groups excluding carboxylic acids is 1. The lowest BCUT2D eigenvalue weighted by Gasteiger charge is -2.12. The van der Waals surface area contributed by atoms with E-state index in [9.17, 15) is 28.1 Å². The molecule has 0 aliphatic rings. The normalized spacial score (nSPS) is 12.4. The van der Waals surface area contributed by atoms with Gasteiger partial charge in [0.2, 0.25) is 16.4 Å². The van der Waals surface area contributed by atoms with Gasteiger partial charge in [0.25, 0.3) is 5.69 Å². The maximum absolute atomic E-state index is 12.0. The van der Waals surface area contributed by atoms with Crippen molar-refractivity contribution in [2.24, 2.45) is 0 Å². The molecule has 0 aliphatic carbocycles. The lowest BCUT2D eigenvalue weighted by atomic mass is 10.3. The van der Waals surface area contributed by atoms with Crippen LogP contribution >= 0.6 is 0 Å². The number of carboxylic acids is 1. The van der Waals surface area contributed by atoms with Crippen LogP contribution in [0.5, 0.6) is 0 Å². The van der Waals surface area contributed by atoms with Crippen molar-refractivity contribution in [3.05, 3.63) is 34.4 Å². The van der Waals surface area contributed by atoms with Crippen molar-refractivity contribution in [3.8, 4) is 0 Å². The van der Waals surface area contributed by atoms with Gasteiger partial charge >= 0.3 is 5.97 Å². The molecule has 1 atom stereocenters. The summed E-state index contributed by atoms with van der Waals surface area (Å²) in [5.74, 6) is -1.45. The van der Waals surface area contributed by atoms with Gasteiger partial charge in [-0.25, -0.2) is 17.9 Å². The van der Waals surface area contributed by atoms with E-state index in [0.29, 0.717) is 0 Å². The average molecular weight is 317 g/mol. The Kier molecular flexibility index (Phi) is 5.32. The van der Waals surface area contributed by atoms with Crippen LogP contribution in [-0.4, -0.2) is 43.4 Å². The largest absolute Gasteiger partial charge is 0.480 e. The Bertz CT molecular complexity index is 658. The van der Waals surface area contributed by atoms with Gasteiger partial charge < -0.3 is 10.4 Å². The maximum atomic E-state index is 12.0. The molecule has 0 aromatic heterocycles. The SMILES string of the molecule is O=CN[C@@H](CNS(=O)(=O)c1ccccc1[N+](=O)[O-])C(=O)O. The zero-order valence-electron chi connectivity index (χ0n) is 10.4. The molecular formula is C10H11N3O7S. The van der Waals surface area contributed by atoms with Gasteiger partial charge in [-0.2, -0.15) is 0 Å². The molecule has 0 aliphatic heterocycles. The molecule has 0 saturated carbocycles. The average Bonchev–Trinajstić information content (AvgIpc) is 2.43. The van der Waals surface area contributed by atoms with Gasteiger partial charge in [-0.1, -0.05) is 12.1 Å². The zero-order valence-corrected chi connectivity index (χ0v) is 11.2. The fourth-order valence-corrected chi connectivity index (χ4v) is 2.62. The Hall–Kier alpha value is -2.53. The quantitative estimate of drug-likeness (QED) is 0.318. The molecule has 1 rings (SSSR count). The molecule has 0 radical (unpaired) electrons. The molecule has 0 spiro atoms. The number of amides is 1. The minimum Gasteiger partial charge on any atom is -0.480 e. The number of carboxylic acid groups (broad SMARTS) is 1. The van der Waals surface area contributed by atoms with Gasteiger partial charge in [-0.05, 0) is 6.07 Å². The predicted octanol–water partition coefficient (Wildman–Crippen LogP) is -0.928. The van der Waals surface area contributed by atoms with E-state index >= 15 is 0 Å². The van der Waals surface area contributed by atoms with Gasteiger partial charge in [0.05, 0.1) is 4.92 Å². The molecule has 0 bridgehead atoms. The van der Waals surface area contributed by atoms with E-state index in [-0.39, 0.29) is 6.41 Å². The third-order valence-corrected chi connectivity index (χ3v) is 3.87. The monoisotopic (exact) mass is 317 g/mol. The van der Waals surface area contributed by atoms with Crippen LogP contribution in [0.2, 0.25) is 0 Å². The first-order valence-corrected chi connectivity index (χ1v) is 6.93. The first kappa shape index (κ1) is 16.5. The van der Waals surface area contributed by atoms with Crippen LogP contribution in [0, 0.1) is 10.1 Å². The molecule has 0 fully saturated rings. The topological polar surface area (TPSA) is 156 Å². The summed E-state index contributed by atoms with van der Waals surface area (Å²) >= 11 is 0. The third-order valence-electron chi connectivity index (χ3n) is 2.40. The Morgan fingerprint density at radius 1 is 1.43 bits per heavy atom. The summed E-state index contributed by atoms with van der Waals surface area (Å²) < 4.78 is 25.8. The summed E-state index contributed by atoms with van der Waals surface area (Å²) in [6, 6.07) is 3.13. The highest BCUT2D eigenvalue weighted by Crippen LogP contribution is 2.22. The van der Waals surface area contributed by atoms with Gasteiger partial charge in [-0.3, -0.25) is 14.9 Å². The molecule has 21 heavy (non-hydrogen) atoms. The lowest BCUT2D eigenvalue weighted by Crippen LogP contribution is -2.45. The number of benzene rings is 1. The van der Waals surface area contributed by atoms with Crippen molar-refractivity contribution in [1.29, 1.82) is 0 Å². The molecule has 11 heteroatoms. The van der Waals surface area contributed by atoms with Crippen molar-refractivity contribution < 1.29 is 28.0 Å². The lowest BCUT2D eigenvalue weighted by molar-refractivity contribution is -0.387. The van der Waals surface area contributed by atoms with Crippen molar-refractivity contribution in [2.75, 3.05) is 6.54 Å². The van der Waals surface area contributed by atoms with Crippen molar-refractivity contribution >= 4 is 28.1 Å². The van der Waals surface area contributed by atoms with Gasteiger partial charge in [-0.15, -0.1) is 0 Å². The highest BCUT2D eigenvalue weighted by molar-refractivity contribution is 7.89. The Labute approximate surface area is 119 Å². The van der Waals surface area contributed by atoms with Crippen LogP contribution in [-0.2, 0) is 19.6 Å². The fourth-order valence-electron chi connectivity index (χ4n) is 1.41. The summed E-state index contributed by atoms with van der Waals surface area (Å²) in [7, 11) is -4.29. The third kappa shape index (κ3) is 4.22. The number of nitrogens with zero attached hydrogens (tertiary/aromatic N) is 1. The van der Waals surface area contributed by atoms with Crippen LogP contribution in [0.3, 0.4) is 0 Å². The smallest absolute Gasteiger partial charge is 0.327 e. The molecule has 0 heterocycles. The molecule has 10 nitrogen and oxygen atoms in total. The maximum Gasteiger partial charge on any atom is 0.327 e. The Balaban J connectivity index is 3.00. The number of hydrogen-bond donors (Lipinski definition) is 3. The van der Waals surface area contributed by atoms with Crippen LogP contribution in [0.1, 0.15) is 0 Å². The van der Waals surface area contributed by atoms with Crippen LogP contribution in [0.25, 0.3) is 0 Å². The second-order valence-corrected chi connectivity index (χ2v) is 5.49. The molecule has 1 amide bonds. The first-order chi connectivity index (χ1) is 9.79. The number of hydrogen-bond acceptors (Lipinski definition) is 6. The standard InChI is InChI=1S/C10H11N3O7S/c14-6-11-7(10(15)16)5-12-21(19,20)9-4-2-1-3-8(9)13(17)18/h1-4,6-7,12H,5H2,(H,11,14)(H,15,16)/t7-/m0/s1. The van der Waals surface area contributed by atoms with Crippen molar-refractivity contribution in [2.45, 2.75) is 10.9 Å². The number of nitro groups is 1. The summed E-state index contributed by atoms with van der Waals surface area (Å²) in [6.45, 7) is -0.650. The number of carbonyl (C=O) groups is 2. The van der Waals surface area contributed by atoms with Gasteiger partial charge in [0.15, 0.2) is 4.90 Å². The minimum atomic E-state index is -4.29. The molecule has 0 unspecified atom stereocenters. The molecule has 1 aromatic carbocycles. The van der Waals surface area contributed by atoms with Gasteiger partial charge in [0.1, 0.15) is 6.04 Å². The molecule has 1 aromatic rings. The first-order valence-electron chi connectivity index (χ1n) is 5.45. The fraction of sp³-hybridized carbons (Fsp3) is 0.200. The number of nitro benzene ring substituents is 1. The molecular weight excluding hydrogens is 306 g/mol. The van der Waals surface area contributed by atoms with Crippen LogP contribution in [0.4, 0.5) is 5.69 Å². The number of rotatable bonds is 8. The summed E-state index contributed by atoms with van der Waals surface area (Å²) in [5.41, 5.74) is -0.639. The minimum absolute atomic E-state index is 0.109. The van der Waals surface area contributed by atoms with E-state index in [0.717, 1.165) is 12.1 Å². The van der Waals surface area contributed by atoms with E-state index in [1.54, 1.807) is 0 Å². The molecule has 3 N–H and O–H groups in total. The number of para-hydroxylation sites is 1. The van der Waals surface area contributed by atoms with Crippen molar-refractivity contribution in [3.63, 3.8) is 0 Å². The van der Waals surface area contributed by atoms with Gasteiger partial charge in [0, 0.05) is 12.6 Å². The Morgan fingerprint density at radius 2 is 2.05 bits per heavy atom. The summed E-state index contributed by atoms with van der Waals surface area (Å²) in [4.78, 5) is 30.3. The van der Waals surface area contributed by atoms with E-state index < -0.39 is 44.1 Å². The second-order valence-electron chi connectivity index (χ2n) is 3.75. The van der Waals surface area contributed by atoms with E-state index in [1.807, 2.05) is 10.0 Å². The van der Waals surface area contributed by atoms with Crippen LogP contribution in [0.15, 0.2) is 29.2 Å². The van der Waals surface area contributed by atoms with Crippen LogP contribution < -0.4 is 10.0 Å². The Morgan fingerprint density at radius 3 is 2.57 bits per heavy atom. The van der Waals surface area contributed by atoms with E-state index in [2.05, 4.69) is 0 Å². The second kappa shape index (κ2) is 6.76. The highest BCUT2D eigenvalue weighted by Gasteiger charge is 2.27. The molecule has 0 saturated heterocycles. The zero-order chi connectivity index (χ0) is 16.0. The summed E-state index contributed by atoms with van der Waals surface area (Å²) in [6.07, 6.45) is 0.109. The van der Waals surface area contributed by atoms with E-state index in [4.69, 9.17) is 5.11 Å². The molecule has 114 valence electrons. The number of nitrogens with one attached hydrogen (secondary N) is 2. The summed E-state index contributed by atoms with van der Waals surface area (Å²) in [5, 5.41) is 21.4. The predicted molar refractivity (Wildman–Crippen MR) is 68.9 cm³/mol. The van der Waals surface area contributed by atoms with E-state index in [1.165, 1.54) is 12.1 Å². The number of sulfonamides is 1. The van der Waals surface area contributed by atoms with Crippen molar-refractivity contribution in [1.82, 2.24) is 10.0 Å². The number of aliphatic carboxylic acids is 1. The highest BCUT2D eigenvalue weighted by atomic mass is 32.2.